The number of hydrogen-bond acceptors (Lipinski definition) is 8. The number of hydrogen-bond donors (Lipinski definition) is 4. The molecule has 1 aliphatic carbocycles. The molecule has 4 atom stereocenters. The Morgan fingerprint density at radius 1 is 1.35 bits per heavy atom. The number of β-amino-alcohol motifs (C(OH)–C–C–N with tert-alkyl or cyclic N) is 1. The van der Waals surface area contributed by atoms with Crippen LogP contribution in [0.5, 0.6) is 0 Å². The molecule has 2 aromatic rings. The molecule has 1 aliphatic heterocycles. The molecule has 10 nitrogen and oxygen atoms in total. The molecule has 2 aliphatic rings. The van der Waals surface area contributed by atoms with Crippen LogP contribution < -0.4 is 10.6 Å². The van der Waals surface area contributed by atoms with E-state index in [4.69, 9.17) is 4.74 Å². The number of aliphatic hydroxyl groups is 1. The monoisotopic (exact) mass is 487 g/mol. The van der Waals surface area contributed by atoms with E-state index in [1.165, 1.54) is 19.5 Å². The van der Waals surface area contributed by atoms with Gasteiger partial charge in [-0.1, -0.05) is 6.08 Å². The summed E-state index contributed by atoms with van der Waals surface area (Å²) < 4.78 is 57.2. The van der Waals surface area contributed by atoms with E-state index in [1.54, 1.807) is 0 Å². The number of fused-ring (bicyclic) bond motifs is 1. The SMILES string of the molecule is COC1CC=C(F)CC1CNC(=O)c1n[nH]c2ncnc(N[C@@H]3CN(CC(F)(F)F)C[C@H]3O)c12. The Labute approximate surface area is 191 Å². The van der Waals surface area contributed by atoms with Crippen molar-refractivity contribution in [2.45, 2.75) is 37.3 Å². The predicted octanol–water partition coefficient (Wildman–Crippen LogP) is 1.38. The van der Waals surface area contributed by atoms with Gasteiger partial charge in [0.05, 0.1) is 36.0 Å². The van der Waals surface area contributed by atoms with Gasteiger partial charge in [-0.2, -0.15) is 18.3 Å². The van der Waals surface area contributed by atoms with Gasteiger partial charge in [0.15, 0.2) is 11.3 Å². The van der Waals surface area contributed by atoms with Crippen molar-refractivity contribution in [1.82, 2.24) is 30.4 Å². The molecule has 2 aromatic heterocycles. The van der Waals surface area contributed by atoms with E-state index in [0.29, 0.717) is 6.42 Å². The second kappa shape index (κ2) is 9.80. The van der Waals surface area contributed by atoms with Crippen LogP contribution in [0.3, 0.4) is 0 Å². The zero-order valence-electron chi connectivity index (χ0n) is 18.3. The third kappa shape index (κ3) is 5.45. The number of halogens is 4. The van der Waals surface area contributed by atoms with Crippen LogP contribution in [-0.2, 0) is 4.74 Å². The van der Waals surface area contributed by atoms with Gasteiger partial charge in [-0.3, -0.25) is 14.8 Å². The van der Waals surface area contributed by atoms with Gasteiger partial charge >= 0.3 is 6.18 Å². The van der Waals surface area contributed by atoms with Gasteiger partial charge in [-0.15, -0.1) is 0 Å². The molecule has 2 unspecified atom stereocenters. The van der Waals surface area contributed by atoms with Crippen molar-refractivity contribution in [3.05, 3.63) is 23.9 Å². The lowest BCUT2D eigenvalue weighted by atomic mass is 9.90. The minimum atomic E-state index is -4.38. The molecular formula is C20H25F4N7O3. The molecule has 0 saturated carbocycles. The zero-order chi connectivity index (χ0) is 24.5. The van der Waals surface area contributed by atoms with E-state index < -0.39 is 30.8 Å². The Morgan fingerprint density at radius 3 is 2.88 bits per heavy atom. The molecule has 0 aromatic carbocycles. The molecule has 4 rings (SSSR count). The molecule has 186 valence electrons. The molecule has 14 heteroatoms. The summed E-state index contributed by atoms with van der Waals surface area (Å²) >= 11 is 0. The Bertz CT molecular complexity index is 1060. The zero-order valence-corrected chi connectivity index (χ0v) is 18.3. The smallest absolute Gasteiger partial charge is 0.390 e. The first-order valence-corrected chi connectivity index (χ1v) is 10.7. The first-order chi connectivity index (χ1) is 16.1. The van der Waals surface area contributed by atoms with E-state index in [1.807, 2.05) is 0 Å². The number of nitrogens with zero attached hydrogens (tertiary/aromatic N) is 4. The number of aliphatic hydroxyl groups excluding tert-OH is 1. The highest BCUT2D eigenvalue weighted by Gasteiger charge is 2.39. The lowest BCUT2D eigenvalue weighted by Gasteiger charge is -2.28. The van der Waals surface area contributed by atoms with Gasteiger partial charge in [0.2, 0.25) is 0 Å². The molecule has 4 N–H and O–H groups in total. The summed E-state index contributed by atoms with van der Waals surface area (Å²) in [7, 11) is 1.53. The third-order valence-corrected chi connectivity index (χ3v) is 6.04. The quantitative estimate of drug-likeness (QED) is 0.432. The number of alkyl halides is 3. The summed E-state index contributed by atoms with van der Waals surface area (Å²) in [5, 5.41) is 22.8. The summed E-state index contributed by atoms with van der Waals surface area (Å²) in [6, 6.07) is -0.745. The molecule has 3 heterocycles. The van der Waals surface area contributed by atoms with Gasteiger partial charge in [-0.25, -0.2) is 14.4 Å². The summed E-state index contributed by atoms with van der Waals surface area (Å²) in [6.07, 6.45) is -2.46. The van der Waals surface area contributed by atoms with Gasteiger partial charge in [-0.05, 0) is 6.42 Å². The van der Waals surface area contributed by atoms with E-state index in [2.05, 4.69) is 30.8 Å². The number of amides is 1. The van der Waals surface area contributed by atoms with Crippen molar-refractivity contribution in [3.63, 3.8) is 0 Å². The van der Waals surface area contributed by atoms with Crippen LogP contribution in [-0.4, -0.2) is 93.8 Å². The van der Waals surface area contributed by atoms with Crippen molar-refractivity contribution in [1.29, 1.82) is 0 Å². The number of carbonyl (C=O) groups is 1. The number of allylic oxidation sites excluding steroid dienone is 1. The van der Waals surface area contributed by atoms with Crippen molar-refractivity contribution in [2.75, 3.05) is 38.6 Å². The van der Waals surface area contributed by atoms with Crippen molar-refractivity contribution >= 4 is 22.8 Å². The molecule has 0 radical (unpaired) electrons. The van der Waals surface area contributed by atoms with Crippen LogP contribution in [0.15, 0.2) is 18.2 Å². The number of H-pyrrole nitrogens is 1. The van der Waals surface area contributed by atoms with Gasteiger partial charge in [0.1, 0.15) is 12.1 Å². The third-order valence-electron chi connectivity index (χ3n) is 6.04. The first-order valence-electron chi connectivity index (χ1n) is 10.7. The molecule has 1 amide bonds. The Kier molecular flexibility index (Phi) is 7.00. The number of aromatic amines is 1. The highest BCUT2D eigenvalue weighted by molar-refractivity contribution is 6.07. The van der Waals surface area contributed by atoms with Crippen LogP contribution in [0.2, 0.25) is 0 Å². The standard InChI is InChI=1S/C20H25F4N7O3/c1-34-14-3-2-11(21)4-10(14)5-25-19(33)16-15-17(26-9-27-18(15)30-29-16)28-12-6-31(7-13(12)32)8-20(22,23)24/h2,9-10,12-14,32H,3-8H2,1H3,(H,25,33)(H2,26,27,28,29,30)/t10?,12-,13-,14?/m1/s1. The summed E-state index contributed by atoms with van der Waals surface area (Å²) in [4.78, 5) is 22.1. The molecular weight excluding hydrogens is 462 g/mol. The lowest BCUT2D eigenvalue weighted by molar-refractivity contribution is -0.144. The summed E-state index contributed by atoms with van der Waals surface area (Å²) in [6.45, 7) is -1.21. The van der Waals surface area contributed by atoms with Crippen molar-refractivity contribution in [3.8, 4) is 0 Å². The maximum atomic E-state index is 13.7. The largest absolute Gasteiger partial charge is 0.401 e. The van der Waals surface area contributed by atoms with Crippen molar-refractivity contribution < 1.29 is 32.2 Å². The number of rotatable bonds is 7. The van der Waals surface area contributed by atoms with E-state index in [0.717, 1.165) is 4.90 Å². The van der Waals surface area contributed by atoms with E-state index >= 15 is 0 Å². The highest BCUT2D eigenvalue weighted by Crippen LogP contribution is 2.28. The lowest BCUT2D eigenvalue weighted by Crippen LogP contribution is -2.37. The number of methoxy groups -OCH3 is 1. The number of ether oxygens (including phenoxy) is 1. The predicted molar refractivity (Wildman–Crippen MR) is 113 cm³/mol. The summed E-state index contributed by atoms with van der Waals surface area (Å²) in [5.74, 6) is -0.915. The maximum Gasteiger partial charge on any atom is 0.401 e. The fourth-order valence-electron chi connectivity index (χ4n) is 4.40. The van der Waals surface area contributed by atoms with Gasteiger partial charge in [0, 0.05) is 39.1 Å². The van der Waals surface area contributed by atoms with Crippen molar-refractivity contribution in [2.24, 2.45) is 5.92 Å². The van der Waals surface area contributed by atoms with Crippen LogP contribution in [0.25, 0.3) is 11.0 Å². The molecule has 0 bridgehead atoms. The first kappa shape index (κ1) is 24.3. The van der Waals surface area contributed by atoms with E-state index in [9.17, 15) is 27.5 Å². The molecule has 0 spiro atoms. The Balaban J connectivity index is 1.48. The average molecular weight is 487 g/mol. The molecule has 1 fully saturated rings. The maximum absolute atomic E-state index is 13.7. The van der Waals surface area contributed by atoms with E-state index in [-0.39, 0.29) is 66.4 Å². The molecule has 34 heavy (non-hydrogen) atoms. The van der Waals surface area contributed by atoms with Crippen LogP contribution >= 0.6 is 0 Å². The number of likely N-dealkylation sites (tertiary alicyclic amines) is 1. The average Bonchev–Trinajstić information content (AvgIpc) is 3.35. The fourth-order valence-corrected chi connectivity index (χ4v) is 4.40. The minimum absolute atomic E-state index is 0.0291. The van der Waals surface area contributed by atoms with Crippen LogP contribution in [0.1, 0.15) is 23.3 Å². The number of anilines is 1. The normalized spacial score (nSPS) is 26.0. The van der Waals surface area contributed by atoms with Gasteiger partial charge < -0.3 is 20.5 Å². The topological polar surface area (TPSA) is 128 Å². The minimum Gasteiger partial charge on any atom is -0.390 e. The van der Waals surface area contributed by atoms with Crippen LogP contribution in [0, 0.1) is 5.92 Å². The Hall–Kier alpha value is -2.84. The van der Waals surface area contributed by atoms with Crippen LogP contribution in [0.4, 0.5) is 23.4 Å². The number of carbonyl (C=O) groups excluding carboxylic acids is 1. The highest BCUT2D eigenvalue weighted by atomic mass is 19.4. The van der Waals surface area contributed by atoms with Gasteiger partial charge in [0.25, 0.3) is 5.91 Å². The second-order valence-electron chi connectivity index (χ2n) is 8.48. The molecule has 1 saturated heterocycles. The second-order valence-corrected chi connectivity index (χ2v) is 8.48. The number of aromatic nitrogens is 4. The number of nitrogens with one attached hydrogen (secondary N) is 3. The summed E-state index contributed by atoms with van der Waals surface area (Å²) in [5.41, 5.74) is 0.210. The fraction of sp³-hybridized carbons (Fsp3) is 0.600. The Morgan fingerprint density at radius 2 is 2.15 bits per heavy atom.